The third kappa shape index (κ3) is 5.16. The number of carbonyl (C=O) groups is 2. The van der Waals surface area contributed by atoms with Crippen LogP contribution in [0.5, 0.6) is 0 Å². The van der Waals surface area contributed by atoms with Gasteiger partial charge in [-0.15, -0.1) is 11.3 Å². The molecule has 0 aliphatic heterocycles. The molecule has 0 saturated carbocycles. The summed E-state index contributed by atoms with van der Waals surface area (Å²) in [5, 5.41) is 8.26. The first-order valence-corrected chi connectivity index (χ1v) is 8.12. The number of carbonyl (C=O) groups excluding carboxylic acids is 2. The van der Waals surface area contributed by atoms with Gasteiger partial charge in [0.1, 0.15) is 0 Å². The van der Waals surface area contributed by atoms with Gasteiger partial charge >= 0.3 is 0 Å². The summed E-state index contributed by atoms with van der Waals surface area (Å²) < 4.78 is 0. The third-order valence-electron chi connectivity index (χ3n) is 3.06. The molecule has 0 spiro atoms. The standard InChI is InChI=1S/C16H17ClN2O2S/c1-11(20)19-14(15-3-2-8-22-15)9-16(21)18-10-12-4-6-13(17)7-5-12/h2-8,14H,9-10H2,1H3,(H,18,21)(H,19,20). The maximum Gasteiger partial charge on any atom is 0.222 e. The topological polar surface area (TPSA) is 58.2 Å². The Morgan fingerprint density at radius 3 is 2.55 bits per heavy atom. The van der Waals surface area contributed by atoms with Crippen molar-refractivity contribution in [1.29, 1.82) is 0 Å². The highest BCUT2D eigenvalue weighted by atomic mass is 35.5. The maximum absolute atomic E-state index is 12.1. The van der Waals surface area contributed by atoms with Crippen LogP contribution in [-0.2, 0) is 16.1 Å². The molecule has 1 unspecified atom stereocenters. The Bertz CT molecular complexity index is 626. The Labute approximate surface area is 138 Å². The van der Waals surface area contributed by atoms with Gasteiger partial charge in [-0.05, 0) is 29.1 Å². The fourth-order valence-electron chi connectivity index (χ4n) is 2.02. The van der Waals surface area contributed by atoms with Crippen molar-refractivity contribution in [2.75, 3.05) is 0 Å². The lowest BCUT2D eigenvalue weighted by Gasteiger charge is -2.16. The average molecular weight is 337 g/mol. The summed E-state index contributed by atoms with van der Waals surface area (Å²) in [5.41, 5.74) is 0.977. The maximum atomic E-state index is 12.1. The smallest absolute Gasteiger partial charge is 0.222 e. The number of benzene rings is 1. The van der Waals surface area contributed by atoms with Crippen LogP contribution in [-0.4, -0.2) is 11.8 Å². The first kappa shape index (κ1) is 16.5. The molecule has 2 rings (SSSR count). The number of nitrogens with one attached hydrogen (secondary N) is 2. The van der Waals surface area contributed by atoms with Crippen LogP contribution in [0.25, 0.3) is 0 Å². The van der Waals surface area contributed by atoms with Crippen molar-refractivity contribution in [3.8, 4) is 0 Å². The second-order valence-corrected chi connectivity index (χ2v) is 6.29. The van der Waals surface area contributed by atoms with E-state index in [0.29, 0.717) is 11.6 Å². The molecule has 116 valence electrons. The highest BCUT2D eigenvalue weighted by molar-refractivity contribution is 7.10. The number of thiophene rings is 1. The zero-order chi connectivity index (χ0) is 15.9. The van der Waals surface area contributed by atoms with Crippen molar-refractivity contribution in [3.05, 3.63) is 57.2 Å². The molecule has 2 amide bonds. The van der Waals surface area contributed by atoms with Gasteiger partial charge in [0.25, 0.3) is 0 Å². The molecule has 0 aliphatic rings. The lowest BCUT2D eigenvalue weighted by atomic mass is 10.1. The van der Waals surface area contributed by atoms with Crippen LogP contribution in [0, 0.1) is 0 Å². The zero-order valence-electron chi connectivity index (χ0n) is 12.1. The minimum atomic E-state index is -0.289. The van der Waals surface area contributed by atoms with E-state index in [-0.39, 0.29) is 24.3 Å². The fraction of sp³-hybridized carbons (Fsp3) is 0.250. The second-order valence-electron chi connectivity index (χ2n) is 4.88. The molecule has 1 aromatic heterocycles. The summed E-state index contributed by atoms with van der Waals surface area (Å²) in [4.78, 5) is 24.3. The predicted molar refractivity (Wildman–Crippen MR) is 88.8 cm³/mol. The molecule has 1 aromatic carbocycles. The number of hydrogen-bond donors (Lipinski definition) is 2. The number of halogens is 1. The van der Waals surface area contributed by atoms with E-state index in [1.54, 1.807) is 12.1 Å². The monoisotopic (exact) mass is 336 g/mol. The van der Waals surface area contributed by atoms with Crippen molar-refractivity contribution in [1.82, 2.24) is 10.6 Å². The lowest BCUT2D eigenvalue weighted by Crippen LogP contribution is -2.32. The molecule has 4 nitrogen and oxygen atoms in total. The van der Waals surface area contributed by atoms with Crippen LogP contribution in [0.15, 0.2) is 41.8 Å². The van der Waals surface area contributed by atoms with Crippen molar-refractivity contribution in [3.63, 3.8) is 0 Å². The van der Waals surface area contributed by atoms with Gasteiger partial charge in [0.2, 0.25) is 11.8 Å². The van der Waals surface area contributed by atoms with Gasteiger partial charge in [-0.2, -0.15) is 0 Å². The van der Waals surface area contributed by atoms with Crippen LogP contribution in [0.3, 0.4) is 0 Å². The van der Waals surface area contributed by atoms with Crippen LogP contribution < -0.4 is 10.6 Å². The Morgan fingerprint density at radius 1 is 1.23 bits per heavy atom. The SMILES string of the molecule is CC(=O)NC(CC(=O)NCc1ccc(Cl)cc1)c1cccs1. The van der Waals surface area contributed by atoms with Crippen molar-refractivity contribution < 1.29 is 9.59 Å². The summed E-state index contributed by atoms with van der Waals surface area (Å²) in [6.07, 6.45) is 0.216. The van der Waals surface area contributed by atoms with Gasteiger partial charge in [0.05, 0.1) is 12.5 Å². The summed E-state index contributed by atoms with van der Waals surface area (Å²) in [6, 6.07) is 10.8. The van der Waals surface area contributed by atoms with Crippen molar-refractivity contribution in [2.24, 2.45) is 0 Å². The van der Waals surface area contributed by atoms with E-state index in [1.165, 1.54) is 18.3 Å². The normalized spacial score (nSPS) is 11.7. The number of amides is 2. The molecule has 0 fully saturated rings. The lowest BCUT2D eigenvalue weighted by molar-refractivity contribution is -0.122. The van der Waals surface area contributed by atoms with Gasteiger partial charge in [-0.1, -0.05) is 29.8 Å². The van der Waals surface area contributed by atoms with Crippen LogP contribution in [0.4, 0.5) is 0 Å². The molecule has 0 radical (unpaired) electrons. The van der Waals surface area contributed by atoms with Gasteiger partial charge in [0, 0.05) is 23.4 Å². The molecule has 6 heteroatoms. The number of hydrogen-bond acceptors (Lipinski definition) is 3. The van der Waals surface area contributed by atoms with E-state index >= 15 is 0 Å². The molecule has 0 bridgehead atoms. The van der Waals surface area contributed by atoms with E-state index < -0.39 is 0 Å². The van der Waals surface area contributed by atoms with E-state index in [4.69, 9.17) is 11.6 Å². The van der Waals surface area contributed by atoms with Crippen LogP contribution in [0.1, 0.15) is 29.8 Å². The molecule has 22 heavy (non-hydrogen) atoms. The van der Waals surface area contributed by atoms with Crippen molar-refractivity contribution in [2.45, 2.75) is 25.9 Å². The van der Waals surface area contributed by atoms with Gasteiger partial charge < -0.3 is 10.6 Å². The van der Waals surface area contributed by atoms with Gasteiger partial charge in [-0.3, -0.25) is 9.59 Å². The van der Waals surface area contributed by atoms with E-state index in [9.17, 15) is 9.59 Å². The first-order valence-electron chi connectivity index (χ1n) is 6.86. The first-order chi connectivity index (χ1) is 10.5. The summed E-state index contributed by atoms with van der Waals surface area (Å²) >= 11 is 7.34. The Morgan fingerprint density at radius 2 is 1.95 bits per heavy atom. The summed E-state index contributed by atoms with van der Waals surface area (Å²) in [6.45, 7) is 1.89. The van der Waals surface area contributed by atoms with E-state index in [1.807, 2.05) is 29.6 Å². The van der Waals surface area contributed by atoms with E-state index in [2.05, 4.69) is 10.6 Å². The quantitative estimate of drug-likeness (QED) is 0.850. The molecular formula is C16H17ClN2O2S. The highest BCUT2D eigenvalue weighted by Gasteiger charge is 2.17. The number of rotatable bonds is 6. The molecule has 0 saturated heterocycles. The molecule has 0 aliphatic carbocycles. The largest absolute Gasteiger partial charge is 0.352 e. The zero-order valence-corrected chi connectivity index (χ0v) is 13.7. The average Bonchev–Trinajstić information content (AvgIpc) is 3.00. The summed E-state index contributed by atoms with van der Waals surface area (Å²) in [5.74, 6) is -0.258. The van der Waals surface area contributed by atoms with Crippen LogP contribution in [0.2, 0.25) is 5.02 Å². The second kappa shape index (κ2) is 7.96. The minimum absolute atomic E-state index is 0.109. The molecule has 2 N–H and O–H groups in total. The summed E-state index contributed by atoms with van der Waals surface area (Å²) in [7, 11) is 0. The minimum Gasteiger partial charge on any atom is -0.352 e. The van der Waals surface area contributed by atoms with Crippen LogP contribution >= 0.6 is 22.9 Å². The van der Waals surface area contributed by atoms with Gasteiger partial charge in [0.15, 0.2) is 0 Å². The van der Waals surface area contributed by atoms with Crippen molar-refractivity contribution >= 4 is 34.8 Å². The fourth-order valence-corrected chi connectivity index (χ4v) is 2.92. The Balaban J connectivity index is 1.90. The van der Waals surface area contributed by atoms with E-state index in [0.717, 1.165) is 10.4 Å². The van der Waals surface area contributed by atoms with Gasteiger partial charge in [-0.25, -0.2) is 0 Å². The predicted octanol–water partition coefficient (Wildman–Crippen LogP) is 3.29. The molecule has 1 heterocycles. The Kier molecular flexibility index (Phi) is 5.98. The molecular weight excluding hydrogens is 320 g/mol. The third-order valence-corrected chi connectivity index (χ3v) is 4.29. The molecule has 2 aromatic rings. The highest BCUT2D eigenvalue weighted by Crippen LogP contribution is 2.22. The molecule has 1 atom stereocenters. The Hall–Kier alpha value is -1.85.